The van der Waals surface area contributed by atoms with Crippen LogP contribution < -0.4 is 14.4 Å². The molecule has 0 spiro atoms. The van der Waals surface area contributed by atoms with E-state index in [9.17, 15) is 4.79 Å². The molecule has 0 saturated carbocycles. The van der Waals surface area contributed by atoms with E-state index in [4.69, 9.17) is 21.7 Å². The Hall–Kier alpha value is -3.09. The lowest BCUT2D eigenvalue weighted by Gasteiger charge is -2.15. The zero-order valence-electron chi connectivity index (χ0n) is 17.9. The van der Waals surface area contributed by atoms with Crippen molar-refractivity contribution in [1.29, 1.82) is 0 Å². The van der Waals surface area contributed by atoms with Gasteiger partial charge in [0.05, 0.1) is 10.6 Å². The highest BCUT2D eigenvalue weighted by Gasteiger charge is 2.33. The number of aryl methyl sites for hydroxylation is 2. The fourth-order valence-electron chi connectivity index (χ4n) is 3.20. The van der Waals surface area contributed by atoms with Gasteiger partial charge in [0.15, 0.2) is 4.32 Å². The summed E-state index contributed by atoms with van der Waals surface area (Å²) >= 11 is 6.80. The second-order valence-electron chi connectivity index (χ2n) is 7.36. The summed E-state index contributed by atoms with van der Waals surface area (Å²) in [7, 11) is 0. The third kappa shape index (κ3) is 5.21. The van der Waals surface area contributed by atoms with Gasteiger partial charge in [-0.1, -0.05) is 60.4 Å². The van der Waals surface area contributed by atoms with Crippen LogP contribution in [0.25, 0.3) is 6.08 Å². The number of anilines is 1. The number of thioether (sulfide) groups is 1. The summed E-state index contributed by atoms with van der Waals surface area (Å²) in [5, 5.41) is 0. The van der Waals surface area contributed by atoms with Gasteiger partial charge in [-0.15, -0.1) is 0 Å². The second-order valence-corrected chi connectivity index (χ2v) is 9.04. The van der Waals surface area contributed by atoms with E-state index in [1.54, 1.807) is 4.90 Å². The minimum atomic E-state index is -0.0957. The van der Waals surface area contributed by atoms with E-state index in [2.05, 4.69) is 0 Å². The molecule has 32 heavy (non-hydrogen) atoms. The summed E-state index contributed by atoms with van der Waals surface area (Å²) in [6.07, 6.45) is 1.86. The predicted molar refractivity (Wildman–Crippen MR) is 135 cm³/mol. The number of hydrogen-bond acceptors (Lipinski definition) is 5. The van der Waals surface area contributed by atoms with Gasteiger partial charge in [-0.2, -0.15) is 0 Å². The maximum Gasteiger partial charge on any atom is 0.270 e. The van der Waals surface area contributed by atoms with Gasteiger partial charge in [0.2, 0.25) is 0 Å². The summed E-state index contributed by atoms with van der Waals surface area (Å²) in [6, 6.07) is 23.2. The van der Waals surface area contributed by atoms with E-state index in [0.29, 0.717) is 22.4 Å². The highest BCUT2D eigenvalue weighted by Crippen LogP contribution is 2.36. The highest BCUT2D eigenvalue weighted by molar-refractivity contribution is 8.27. The molecular weight excluding hydrogens is 438 g/mol. The van der Waals surface area contributed by atoms with Gasteiger partial charge < -0.3 is 9.47 Å². The van der Waals surface area contributed by atoms with Crippen molar-refractivity contribution in [1.82, 2.24) is 0 Å². The first kappa shape index (κ1) is 22.1. The van der Waals surface area contributed by atoms with Crippen molar-refractivity contribution in [3.05, 3.63) is 94.4 Å². The second kappa shape index (κ2) is 10.0. The van der Waals surface area contributed by atoms with Gasteiger partial charge in [0.25, 0.3) is 5.91 Å². The third-order valence-electron chi connectivity index (χ3n) is 5.08. The normalized spacial score (nSPS) is 14.8. The number of hydrogen-bond donors (Lipinski definition) is 0. The number of nitrogens with zero attached hydrogens (tertiary/aromatic N) is 1. The van der Waals surface area contributed by atoms with Gasteiger partial charge in [-0.3, -0.25) is 9.69 Å². The van der Waals surface area contributed by atoms with E-state index in [1.165, 1.54) is 17.3 Å². The molecule has 162 valence electrons. The fraction of sp³-hybridized carbons (Fsp3) is 0.154. The van der Waals surface area contributed by atoms with E-state index in [1.807, 2.05) is 92.7 Å². The molecular formula is C26H23NO3S2. The first-order valence-corrected chi connectivity index (χ1v) is 11.5. The van der Waals surface area contributed by atoms with Crippen LogP contribution >= 0.6 is 24.0 Å². The molecule has 1 aliphatic rings. The molecule has 1 amide bonds. The molecule has 0 aliphatic carbocycles. The Bertz CT molecular complexity index is 1160. The molecule has 0 radical (unpaired) electrons. The molecule has 3 aromatic carbocycles. The quantitative estimate of drug-likeness (QED) is 0.239. The molecule has 1 saturated heterocycles. The van der Waals surface area contributed by atoms with Crippen LogP contribution in [0.15, 0.2) is 77.7 Å². The molecule has 3 aromatic rings. The van der Waals surface area contributed by atoms with Crippen LogP contribution in [0.1, 0.15) is 16.7 Å². The van der Waals surface area contributed by atoms with Gasteiger partial charge >= 0.3 is 0 Å². The molecule has 0 N–H and O–H groups in total. The summed E-state index contributed by atoms with van der Waals surface area (Å²) in [6.45, 7) is 4.99. The maximum absolute atomic E-state index is 13.0. The van der Waals surface area contributed by atoms with Crippen molar-refractivity contribution in [2.75, 3.05) is 18.1 Å². The molecule has 0 bridgehead atoms. The van der Waals surface area contributed by atoms with Crippen molar-refractivity contribution >= 4 is 46.0 Å². The van der Waals surface area contributed by atoms with E-state index in [-0.39, 0.29) is 5.91 Å². The molecule has 4 nitrogen and oxygen atoms in total. The molecule has 1 fully saturated rings. The number of benzene rings is 3. The predicted octanol–water partition coefficient (Wildman–Crippen LogP) is 6.17. The van der Waals surface area contributed by atoms with Crippen LogP contribution in [-0.4, -0.2) is 23.4 Å². The lowest BCUT2D eigenvalue weighted by atomic mass is 10.1. The molecule has 1 heterocycles. The number of thiocarbonyl (C=S) groups is 1. The van der Waals surface area contributed by atoms with E-state index < -0.39 is 0 Å². The van der Waals surface area contributed by atoms with Gasteiger partial charge in [0.1, 0.15) is 24.7 Å². The average molecular weight is 462 g/mol. The Morgan fingerprint density at radius 3 is 2.19 bits per heavy atom. The highest BCUT2D eigenvalue weighted by atomic mass is 32.2. The standard InChI is InChI=1S/C26H23NO3S2/c1-18-8-11-21(16-19(18)2)27-25(28)24(32-26(27)31)17-20-9-12-23(13-10-20)30-15-14-29-22-6-4-3-5-7-22/h3-13,16-17H,14-15H2,1-2H3/b24-17+. The Balaban J connectivity index is 1.36. The van der Waals surface area contributed by atoms with Gasteiger partial charge in [-0.25, -0.2) is 0 Å². The van der Waals surface area contributed by atoms with Crippen LogP contribution in [0.4, 0.5) is 5.69 Å². The molecule has 0 aromatic heterocycles. The monoisotopic (exact) mass is 461 g/mol. The number of carbonyl (C=O) groups excluding carboxylic acids is 1. The zero-order chi connectivity index (χ0) is 22.5. The molecule has 0 atom stereocenters. The Morgan fingerprint density at radius 1 is 0.875 bits per heavy atom. The van der Waals surface area contributed by atoms with Crippen molar-refractivity contribution in [3.63, 3.8) is 0 Å². The zero-order valence-corrected chi connectivity index (χ0v) is 19.5. The molecule has 0 unspecified atom stereocenters. The van der Waals surface area contributed by atoms with E-state index in [0.717, 1.165) is 28.3 Å². The van der Waals surface area contributed by atoms with Crippen LogP contribution in [0.2, 0.25) is 0 Å². The summed E-state index contributed by atoms with van der Waals surface area (Å²) < 4.78 is 11.9. The van der Waals surface area contributed by atoms with Gasteiger partial charge in [0, 0.05) is 0 Å². The molecule has 1 aliphatic heterocycles. The number of carbonyl (C=O) groups is 1. The SMILES string of the molecule is Cc1ccc(N2C(=O)/C(=C\c3ccc(OCCOc4ccccc4)cc3)SC2=S)cc1C. The van der Waals surface area contributed by atoms with Crippen LogP contribution in [-0.2, 0) is 4.79 Å². The van der Waals surface area contributed by atoms with Crippen LogP contribution in [0, 0.1) is 13.8 Å². The Kier molecular flexibility index (Phi) is 6.93. The topological polar surface area (TPSA) is 38.8 Å². The Morgan fingerprint density at radius 2 is 1.53 bits per heavy atom. The lowest BCUT2D eigenvalue weighted by molar-refractivity contribution is -0.113. The van der Waals surface area contributed by atoms with Crippen LogP contribution in [0.5, 0.6) is 11.5 Å². The number of para-hydroxylation sites is 1. The summed E-state index contributed by atoms with van der Waals surface area (Å²) in [5.74, 6) is 1.48. The maximum atomic E-state index is 13.0. The fourth-order valence-corrected chi connectivity index (χ4v) is 4.50. The third-order valence-corrected chi connectivity index (χ3v) is 6.39. The first-order chi connectivity index (χ1) is 15.5. The number of rotatable bonds is 7. The largest absolute Gasteiger partial charge is 0.490 e. The first-order valence-electron chi connectivity index (χ1n) is 10.3. The number of ether oxygens (including phenoxy) is 2. The minimum absolute atomic E-state index is 0.0957. The van der Waals surface area contributed by atoms with E-state index >= 15 is 0 Å². The Labute approximate surface area is 197 Å². The van der Waals surface area contributed by atoms with Crippen molar-refractivity contribution in [3.8, 4) is 11.5 Å². The minimum Gasteiger partial charge on any atom is -0.490 e. The lowest BCUT2D eigenvalue weighted by Crippen LogP contribution is -2.27. The smallest absolute Gasteiger partial charge is 0.270 e. The molecule has 4 rings (SSSR count). The average Bonchev–Trinajstić information content (AvgIpc) is 3.08. The summed E-state index contributed by atoms with van der Waals surface area (Å²) in [5.41, 5.74) is 4.04. The van der Waals surface area contributed by atoms with Crippen LogP contribution in [0.3, 0.4) is 0 Å². The van der Waals surface area contributed by atoms with Crippen molar-refractivity contribution in [2.45, 2.75) is 13.8 Å². The number of amides is 1. The van der Waals surface area contributed by atoms with Crippen molar-refractivity contribution < 1.29 is 14.3 Å². The van der Waals surface area contributed by atoms with Gasteiger partial charge in [-0.05, 0) is 73.0 Å². The molecule has 6 heteroatoms. The van der Waals surface area contributed by atoms with Crippen molar-refractivity contribution in [2.24, 2.45) is 0 Å². The summed E-state index contributed by atoms with van der Waals surface area (Å²) in [4.78, 5) is 15.2.